The van der Waals surface area contributed by atoms with Crippen molar-refractivity contribution in [2.45, 2.75) is 0 Å². The van der Waals surface area contributed by atoms with Crippen LogP contribution in [0.4, 0.5) is 4.39 Å². The monoisotopic (exact) mass is 100.0 g/mol. The van der Waals surface area contributed by atoms with Crippen LogP contribution >= 0.6 is 0 Å². The van der Waals surface area contributed by atoms with E-state index in [9.17, 15) is 4.39 Å². The van der Waals surface area contributed by atoms with Gasteiger partial charge in [0.2, 0.25) is 0 Å². The summed E-state index contributed by atoms with van der Waals surface area (Å²) in [5.74, 6) is 0. The number of rotatable bonds is 1. The zero-order chi connectivity index (χ0) is 4.12. The maximum absolute atomic E-state index is 10.7. The Hall–Kier alpha value is 0.314. The molecule has 0 saturated carbocycles. The minimum atomic E-state index is -0.784. The number of hydrogen-bond acceptors (Lipinski definition) is 1. The molecule has 0 aliphatic rings. The van der Waals surface area contributed by atoms with Crippen molar-refractivity contribution >= 4 is 0 Å². The van der Waals surface area contributed by atoms with Crippen LogP contribution < -0.4 is 0 Å². The van der Waals surface area contributed by atoms with E-state index in [0.717, 1.165) is 0 Å². The molecule has 4 heavy (non-hydrogen) atoms. The van der Waals surface area contributed by atoms with Gasteiger partial charge in [-0.25, -0.2) is 0 Å². The molecule has 0 aromatic rings. The van der Waals surface area contributed by atoms with E-state index in [1.807, 2.05) is 0 Å². The summed E-state index contributed by atoms with van der Waals surface area (Å²) in [4.78, 5) is 0. The molecule has 0 N–H and O–H groups in total. The zero-order valence-corrected chi connectivity index (χ0v) is 3.38. The SMILES string of the molecule is [2H][V]=[N]CF. The summed E-state index contributed by atoms with van der Waals surface area (Å²) >= 11 is -0.784. The molecular formula is CH3FNV. The zero-order valence-electron chi connectivity index (χ0n) is 2.98. The standard InChI is InChI=1S/CH2FN.V.H/c2-1-3;;/h1H2;;/i;;1+1. The fourth-order valence-corrected chi connectivity index (χ4v) is 0. The summed E-state index contributed by atoms with van der Waals surface area (Å²) in [6.07, 6.45) is 0. The molecule has 0 aliphatic heterocycles. The van der Waals surface area contributed by atoms with Gasteiger partial charge in [-0.2, -0.15) is 0 Å². The molecular weight excluding hydrogens is 96.0 g/mol. The molecule has 0 spiro atoms. The molecule has 0 aliphatic carbocycles. The molecule has 0 fully saturated rings. The Bertz CT molecular complexity index is 38.6. The van der Waals surface area contributed by atoms with E-state index >= 15 is 0 Å². The Kier molecular flexibility index (Phi) is 2.11. The van der Waals surface area contributed by atoms with Gasteiger partial charge in [-0.15, -0.1) is 0 Å². The summed E-state index contributed by atoms with van der Waals surface area (Å²) < 4.78 is 20.1. The van der Waals surface area contributed by atoms with Crippen LogP contribution in [0.15, 0.2) is 3.79 Å². The molecule has 0 saturated heterocycles. The van der Waals surface area contributed by atoms with Crippen molar-refractivity contribution in [1.29, 1.82) is 0.879 Å². The van der Waals surface area contributed by atoms with E-state index in [1.54, 1.807) is 0 Å². The topological polar surface area (TPSA) is 12.4 Å². The average molecular weight is 100.0 g/mol. The third-order valence-corrected chi connectivity index (χ3v) is 0.220. The van der Waals surface area contributed by atoms with Gasteiger partial charge >= 0.3 is 32.9 Å². The second kappa shape index (κ2) is 3.31. The fraction of sp³-hybridized carbons (Fsp3) is 1.00. The van der Waals surface area contributed by atoms with Crippen molar-refractivity contribution in [1.82, 2.24) is 0 Å². The van der Waals surface area contributed by atoms with Crippen molar-refractivity contribution in [3.05, 3.63) is 0 Å². The molecule has 1 nitrogen and oxygen atoms in total. The second-order valence-corrected chi connectivity index (χ2v) is 0.703. The van der Waals surface area contributed by atoms with Crippen molar-refractivity contribution in [3.63, 3.8) is 0 Å². The third kappa shape index (κ3) is 2.31. The predicted molar refractivity (Wildman–Crippen MR) is 9.80 cm³/mol. The van der Waals surface area contributed by atoms with Crippen LogP contribution in [0.25, 0.3) is 0 Å². The van der Waals surface area contributed by atoms with Crippen molar-refractivity contribution in [2.75, 3.05) is 6.80 Å². The van der Waals surface area contributed by atoms with E-state index in [1.165, 1.54) is 0 Å². The molecule has 0 rings (SSSR count). The molecule has 0 radical (unpaired) electrons. The maximum atomic E-state index is 10.7. The second-order valence-electron chi connectivity index (χ2n) is 0.261. The van der Waals surface area contributed by atoms with E-state index in [0.29, 0.717) is 0 Å². The van der Waals surface area contributed by atoms with E-state index in [-0.39, 0.29) is 0 Å². The Morgan fingerprint density at radius 1 is 2.50 bits per heavy atom. The van der Waals surface area contributed by atoms with E-state index < -0.39 is 23.9 Å². The Morgan fingerprint density at radius 2 is 3.25 bits per heavy atom. The molecule has 3 heteroatoms. The van der Waals surface area contributed by atoms with Crippen molar-refractivity contribution < 1.29 is 21.5 Å². The number of hydrogen-bond donors (Lipinski definition) is 0. The molecule has 24 valence electrons. The molecule has 0 unspecified atom stereocenters. The Balaban J connectivity index is 2.62. The first-order valence-electron chi connectivity index (χ1n) is 1.23. The van der Waals surface area contributed by atoms with Crippen molar-refractivity contribution in [3.8, 4) is 0 Å². The summed E-state index contributed by atoms with van der Waals surface area (Å²) in [7, 11) is 0. The molecule has 0 atom stereocenters. The van der Waals surface area contributed by atoms with Gasteiger partial charge in [0.15, 0.2) is 0 Å². The molecule has 0 heterocycles. The minimum absolute atomic E-state index is 0.677. The molecule has 0 aromatic carbocycles. The van der Waals surface area contributed by atoms with Gasteiger partial charge in [-0.3, -0.25) is 0 Å². The van der Waals surface area contributed by atoms with Gasteiger partial charge in [0, 0.05) is 0 Å². The van der Waals surface area contributed by atoms with Crippen molar-refractivity contribution in [2.24, 2.45) is 3.79 Å². The Morgan fingerprint density at radius 3 is 3.25 bits per heavy atom. The van der Waals surface area contributed by atoms with Gasteiger partial charge < -0.3 is 0 Å². The fourth-order valence-electron chi connectivity index (χ4n) is 0. The number of nitrogens with zero attached hydrogens (tertiary/aromatic N) is 1. The van der Waals surface area contributed by atoms with Crippen LogP contribution in [-0.4, -0.2) is 7.68 Å². The van der Waals surface area contributed by atoms with Gasteiger partial charge in [-0.1, -0.05) is 0 Å². The molecule has 0 aromatic heterocycles. The van der Waals surface area contributed by atoms with Crippen LogP contribution in [0, 0.1) is 0 Å². The first-order chi connectivity index (χ1) is 2.41. The predicted octanol–water partition coefficient (Wildman–Crippen LogP) is 0.376. The van der Waals surface area contributed by atoms with E-state index in [2.05, 4.69) is 3.79 Å². The third-order valence-electron chi connectivity index (χ3n) is 0.0535. The number of alkyl halides is 1. The summed E-state index contributed by atoms with van der Waals surface area (Å²) in [5, 5.41) is 0. The van der Waals surface area contributed by atoms with Crippen LogP contribution in [0.1, 0.15) is 0 Å². The van der Waals surface area contributed by atoms with Gasteiger partial charge in [0.05, 0.1) is 0 Å². The molecule has 0 bridgehead atoms. The Labute approximate surface area is 33.8 Å². The van der Waals surface area contributed by atoms with Gasteiger partial charge in [-0.05, 0) is 0 Å². The number of halogens is 1. The van der Waals surface area contributed by atoms with E-state index in [4.69, 9.17) is 0.879 Å². The van der Waals surface area contributed by atoms with Crippen LogP contribution in [0.5, 0.6) is 0 Å². The van der Waals surface area contributed by atoms with Crippen LogP contribution in [-0.2, 0) is 17.1 Å². The molecule has 0 amide bonds. The summed E-state index contributed by atoms with van der Waals surface area (Å²) in [5.41, 5.74) is 0. The first kappa shape index (κ1) is 2.55. The summed E-state index contributed by atoms with van der Waals surface area (Å²) in [6.45, 7) is -0.677. The van der Waals surface area contributed by atoms with Gasteiger partial charge in [0.1, 0.15) is 0 Å². The normalized spacial score (nSPS) is 12.8. The van der Waals surface area contributed by atoms with Gasteiger partial charge in [0.25, 0.3) is 0 Å². The van der Waals surface area contributed by atoms with Crippen LogP contribution in [0.2, 0.25) is 0 Å². The summed E-state index contributed by atoms with van der Waals surface area (Å²) in [6, 6.07) is 0. The average Bonchev–Trinajstić information content (AvgIpc) is 1.41. The first-order valence-corrected chi connectivity index (χ1v) is 1.41. The quantitative estimate of drug-likeness (QED) is 0.422. The van der Waals surface area contributed by atoms with Crippen LogP contribution in [0.3, 0.4) is 0 Å².